The molecule has 0 radical (unpaired) electrons. The molecule has 0 atom stereocenters. The maximum Gasteiger partial charge on any atom is 0.166 e. The Balaban J connectivity index is 0.00000210. The van der Waals surface area contributed by atoms with Crippen molar-refractivity contribution in [3.63, 3.8) is 0 Å². The Morgan fingerprint density at radius 1 is 1.03 bits per heavy atom. The van der Waals surface area contributed by atoms with Gasteiger partial charge in [0.1, 0.15) is 6.61 Å². The fourth-order valence-electron chi connectivity index (χ4n) is 3.15. The van der Waals surface area contributed by atoms with Crippen LogP contribution >= 0.6 is 0 Å². The number of halogens is 2. The second-order valence-electron chi connectivity index (χ2n) is 6.85. The fourth-order valence-corrected chi connectivity index (χ4v) is 3.15. The zero-order valence-electron chi connectivity index (χ0n) is 17.1. The van der Waals surface area contributed by atoms with E-state index in [0.717, 1.165) is 68.6 Å². The Bertz CT molecular complexity index is 708. The molecule has 0 saturated carbocycles. The molecule has 0 aliphatic carbocycles. The molecule has 5 nitrogen and oxygen atoms in total. The van der Waals surface area contributed by atoms with Crippen molar-refractivity contribution in [1.82, 2.24) is 10.2 Å². The van der Waals surface area contributed by atoms with Gasteiger partial charge in [0.2, 0.25) is 0 Å². The summed E-state index contributed by atoms with van der Waals surface area (Å²) in [4.78, 5) is 2.43. The molecular formula is C22H30Cl2N2O3-2. The summed E-state index contributed by atoms with van der Waals surface area (Å²) in [6, 6.07) is 14.5. The minimum Gasteiger partial charge on any atom is -1.00 e. The highest BCUT2D eigenvalue weighted by molar-refractivity contribution is 5.46. The summed E-state index contributed by atoms with van der Waals surface area (Å²) in [7, 11) is 1.68. The summed E-state index contributed by atoms with van der Waals surface area (Å²) >= 11 is 0. The van der Waals surface area contributed by atoms with Crippen molar-refractivity contribution in [2.45, 2.75) is 20.1 Å². The second-order valence-corrected chi connectivity index (χ2v) is 6.85. The molecule has 7 heteroatoms. The van der Waals surface area contributed by atoms with E-state index in [1.807, 2.05) is 12.1 Å². The van der Waals surface area contributed by atoms with Gasteiger partial charge in [0.25, 0.3) is 0 Å². The Morgan fingerprint density at radius 2 is 1.76 bits per heavy atom. The smallest absolute Gasteiger partial charge is 0.166 e. The lowest BCUT2D eigenvalue weighted by Gasteiger charge is -2.26. The first kappa shape index (κ1) is 25.5. The van der Waals surface area contributed by atoms with Crippen LogP contribution in [0, 0.1) is 6.92 Å². The van der Waals surface area contributed by atoms with E-state index in [2.05, 4.69) is 47.5 Å². The average Bonchev–Trinajstić information content (AvgIpc) is 2.72. The standard InChI is InChI=1S/C22H30N2O3.2ClH/c1-18-6-8-19(9-7-18)17-27-22-20(4-3-5-21(22)25-2)16-23-10-11-24-12-14-26-15-13-24;;/h3-9,23H,10-17H2,1-2H3;2*1H/p-2. The van der Waals surface area contributed by atoms with Crippen LogP contribution in [0.5, 0.6) is 11.5 Å². The number of ether oxygens (including phenoxy) is 3. The number of hydrogen-bond donors (Lipinski definition) is 1. The molecule has 0 spiro atoms. The van der Waals surface area contributed by atoms with Gasteiger partial charge in [-0.25, -0.2) is 0 Å². The molecule has 2 aromatic rings. The maximum atomic E-state index is 6.14. The number of nitrogens with one attached hydrogen (secondary N) is 1. The van der Waals surface area contributed by atoms with E-state index in [1.54, 1.807) is 7.11 Å². The summed E-state index contributed by atoms with van der Waals surface area (Å²) < 4.78 is 17.1. The Labute approximate surface area is 186 Å². The molecule has 1 heterocycles. The molecule has 0 amide bonds. The van der Waals surface area contributed by atoms with Gasteiger partial charge in [-0.1, -0.05) is 42.0 Å². The first-order valence-corrected chi connectivity index (χ1v) is 9.61. The van der Waals surface area contributed by atoms with Crippen molar-refractivity contribution in [2.24, 2.45) is 0 Å². The van der Waals surface area contributed by atoms with E-state index in [0.29, 0.717) is 6.61 Å². The Morgan fingerprint density at radius 3 is 2.45 bits per heavy atom. The number of nitrogens with zero attached hydrogens (tertiary/aromatic N) is 1. The fraction of sp³-hybridized carbons (Fsp3) is 0.455. The van der Waals surface area contributed by atoms with Gasteiger partial charge >= 0.3 is 0 Å². The average molecular weight is 441 g/mol. The summed E-state index contributed by atoms with van der Waals surface area (Å²) in [5.74, 6) is 1.59. The minimum atomic E-state index is 0. The molecule has 162 valence electrons. The molecule has 2 aromatic carbocycles. The van der Waals surface area contributed by atoms with Gasteiger partial charge < -0.3 is 44.3 Å². The van der Waals surface area contributed by atoms with Gasteiger partial charge in [-0.15, -0.1) is 0 Å². The molecular weight excluding hydrogens is 411 g/mol. The second kappa shape index (κ2) is 13.7. The maximum absolute atomic E-state index is 6.14. The molecule has 1 aliphatic heterocycles. The van der Waals surface area contributed by atoms with E-state index < -0.39 is 0 Å². The van der Waals surface area contributed by atoms with E-state index >= 15 is 0 Å². The number of rotatable bonds is 9. The first-order valence-electron chi connectivity index (χ1n) is 9.61. The highest BCUT2D eigenvalue weighted by Crippen LogP contribution is 2.31. The molecule has 3 rings (SSSR count). The highest BCUT2D eigenvalue weighted by atomic mass is 35.5. The van der Waals surface area contributed by atoms with Crippen molar-refractivity contribution in [1.29, 1.82) is 0 Å². The van der Waals surface area contributed by atoms with Crippen molar-refractivity contribution < 1.29 is 39.0 Å². The molecule has 1 fully saturated rings. The third-order valence-corrected chi connectivity index (χ3v) is 4.81. The van der Waals surface area contributed by atoms with Gasteiger partial charge in [-0.05, 0) is 18.6 Å². The number of hydrogen-bond acceptors (Lipinski definition) is 5. The number of para-hydroxylation sites is 1. The van der Waals surface area contributed by atoms with Gasteiger partial charge in [-0.2, -0.15) is 0 Å². The van der Waals surface area contributed by atoms with Gasteiger partial charge in [0, 0.05) is 38.3 Å². The molecule has 29 heavy (non-hydrogen) atoms. The van der Waals surface area contributed by atoms with E-state index in [4.69, 9.17) is 14.2 Å². The quantitative estimate of drug-likeness (QED) is 0.421. The molecule has 1 N–H and O–H groups in total. The van der Waals surface area contributed by atoms with Crippen LogP contribution < -0.4 is 39.6 Å². The van der Waals surface area contributed by atoms with Crippen LogP contribution in [-0.2, 0) is 17.9 Å². The summed E-state index contributed by atoms with van der Waals surface area (Å²) in [5, 5.41) is 3.53. The summed E-state index contributed by atoms with van der Waals surface area (Å²) in [6.07, 6.45) is 0. The van der Waals surface area contributed by atoms with Crippen LogP contribution in [0.25, 0.3) is 0 Å². The molecule has 0 aromatic heterocycles. The zero-order valence-corrected chi connectivity index (χ0v) is 18.6. The van der Waals surface area contributed by atoms with Crippen LogP contribution in [0.2, 0.25) is 0 Å². The molecule has 0 unspecified atom stereocenters. The molecule has 1 saturated heterocycles. The monoisotopic (exact) mass is 440 g/mol. The number of aryl methyl sites for hydroxylation is 1. The van der Waals surface area contributed by atoms with Crippen LogP contribution in [0.4, 0.5) is 0 Å². The predicted octanol–water partition coefficient (Wildman–Crippen LogP) is -2.99. The van der Waals surface area contributed by atoms with E-state index in [-0.39, 0.29) is 24.8 Å². The number of morpholine rings is 1. The topological polar surface area (TPSA) is 43.0 Å². The Hall–Kier alpha value is -1.50. The minimum absolute atomic E-state index is 0. The molecule has 1 aliphatic rings. The van der Waals surface area contributed by atoms with Gasteiger partial charge in [0.15, 0.2) is 11.5 Å². The lowest BCUT2D eigenvalue weighted by Crippen LogP contribution is -3.00. The summed E-state index contributed by atoms with van der Waals surface area (Å²) in [6.45, 7) is 9.07. The van der Waals surface area contributed by atoms with E-state index in [1.165, 1.54) is 5.56 Å². The largest absolute Gasteiger partial charge is 1.00 e. The van der Waals surface area contributed by atoms with Crippen molar-refractivity contribution >= 4 is 0 Å². The van der Waals surface area contributed by atoms with Crippen molar-refractivity contribution in [3.8, 4) is 11.5 Å². The van der Waals surface area contributed by atoms with Crippen molar-refractivity contribution in [3.05, 3.63) is 59.2 Å². The number of methoxy groups -OCH3 is 1. The van der Waals surface area contributed by atoms with Crippen molar-refractivity contribution in [2.75, 3.05) is 46.5 Å². The third-order valence-electron chi connectivity index (χ3n) is 4.81. The van der Waals surface area contributed by atoms with Crippen LogP contribution in [0.1, 0.15) is 16.7 Å². The Kier molecular flexibility index (Phi) is 12.0. The highest BCUT2D eigenvalue weighted by Gasteiger charge is 2.12. The lowest BCUT2D eigenvalue weighted by atomic mass is 10.1. The predicted molar refractivity (Wildman–Crippen MR) is 107 cm³/mol. The summed E-state index contributed by atoms with van der Waals surface area (Å²) in [5.41, 5.74) is 3.52. The van der Waals surface area contributed by atoms with E-state index in [9.17, 15) is 0 Å². The number of benzene rings is 2. The van der Waals surface area contributed by atoms with Crippen LogP contribution in [-0.4, -0.2) is 51.4 Å². The van der Waals surface area contributed by atoms with Crippen LogP contribution in [0.3, 0.4) is 0 Å². The first-order chi connectivity index (χ1) is 13.3. The zero-order chi connectivity index (χ0) is 18.9. The molecule has 0 bridgehead atoms. The van der Waals surface area contributed by atoms with Gasteiger partial charge in [-0.3, -0.25) is 4.90 Å². The van der Waals surface area contributed by atoms with Crippen LogP contribution in [0.15, 0.2) is 42.5 Å². The van der Waals surface area contributed by atoms with Gasteiger partial charge in [0.05, 0.1) is 20.3 Å². The normalized spacial score (nSPS) is 13.9. The SMILES string of the molecule is COc1cccc(CNCCN2CCOCC2)c1OCc1ccc(C)cc1.[Cl-].[Cl-]. The lowest BCUT2D eigenvalue weighted by molar-refractivity contribution is -0.00100. The third kappa shape index (κ3) is 8.03.